The molecule has 0 amide bonds. The lowest BCUT2D eigenvalue weighted by molar-refractivity contribution is 0.0207. The molecule has 1 aromatic rings. The summed E-state index contributed by atoms with van der Waals surface area (Å²) >= 11 is 5.99. The van der Waals surface area contributed by atoms with Crippen molar-refractivity contribution in [1.82, 2.24) is 5.32 Å². The molecule has 1 aliphatic heterocycles. The van der Waals surface area contributed by atoms with E-state index in [9.17, 15) is 4.39 Å². The van der Waals surface area contributed by atoms with Crippen LogP contribution in [0.3, 0.4) is 0 Å². The Kier molecular flexibility index (Phi) is 4.02. The van der Waals surface area contributed by atoms with Gasteiger partial charge in [0, 0.05) is 24.7 Å². The molecule has 0 aromatic heterocycles. The highest BCUT2D eigenvalue weighted by molar-refractivity contribution is 6.31. The molecule has 2 rings (SSSR count). The fourth-order valence-corrected chi connectivity index (χ4v) is 2.30. The topological polar surface area (TPSA) is 21.3 Å². The summed E-state index contributed by atoms with van der Waals surface area (Å²) in [7, 11) is 0. The molecule has 94 valence electrons. The third-order valence-electron chi connectivity index (χ3n) is 3.12. The van der Waals surface area contributed by atoms with Gasteiger partial charge in [0.2, 0.25) is 0 Å². The minimum Gasteiger partial charge on any atom is -0.374 e. The molecule has 0 bridgehead atoms. The van der Waals surface area contributed by atoms with Crippen LogP contribution in [0.5, 0.6) is 0 Å². The Morgan fingerprint density at radius 3 is 3.06 bits per heavy atom. The summed E-state index contributed by atoms with van der Waals surface area (Å²) in [6.45, 7) is 4.26. The highest BCUT2D eigenvalue weighted by Gasteiger charge is 2.28. The lowest BCUT2D eigenvalue weighted by atomic mass is 10.0. The Morgan fingerprint density at radius 2 is 2.35 bits per heavy atom. The minimum atomic E-state index is -0.255. The van der Waals surface area contributed by atoms with E-state index in [1.807, 2.05) is 0 Å². The van der Waals surface area contributed by atoms with Gasteiger partial charge in [0.1, 0.15) is 5.82 Å². The highest BCUT2D eigenvalue weighted by Crippen LogP contribution is 2.24. The monoisotopic (exact) mass is 257 g/mol. The maximum Gasteiger partial charge on any atom is 0.123 e. The molecule has 1 fully saturated rings. The van der Waals surface area contributed by atoms with E-state index in [-0.39, 0.29) is 11.4 Å². The second kappa shape index (κ2) is 5.34. The third kappa shape index (κ3) is 3.41. The first-order chi connectivity index (χ1) is 8.09. The maximum atomic E-state index is 13.0. The Bertz CT molecular complexity index is 391. The number of hydrogen-bond acceptors (Lipinski definition) is 2. The molecular formula is C13H17ClFNO. The van der Waals surface area contributed by atoms with E-state index >= 15 is 0 Å². The summed E-state index contributed by atoms with van der Waals surface area (Å²) in [5.74, 6) is -0.255. The average molecular weight is 258 g/mol. The predicted octanol–water partition coefficient (Wildman–Crippen LogP) is 3.14. The van der Waals surface area contributed by atoms with Crippen molar-refractivity contribution in [3.8, 4) is 0 Å². The first-order valence-electron chi connectivity index (χ1n) is 5.88. The lowest BCUT2D eigenvalue weighted by Gasteiger charge is -2.23. The number of benzene rings is 1. The second-order valence-corrected chi connectivity index (χ2v) is 5.15. The number of ether oxygens (including phenoxy) is 1. The Labute approximate surface area is 106 Å². The molecule has 1 unspecified atom stereocenters. The molecule has 0 saturated carbocycles. The lowest BCUT2D eigenvalue weighted by Crippen LogP contribution is -2.36. The van der Waals surface area contributed by atoms with Crippen LogP contribution in [0.4, 0.5) is 4.39 Å². The molecular weight excluding hydrogens is 241 g/mol. The van der Waals surface area contributed by atoms with Crippen molar-refractivity contribution in [2.24, 2.45) is 0 Å². The normalized spacial score (nSPS) is 24.2. The van der Waals surface area contributed by atoms with Gasteiger partial charge in [0.15, 0.2) is 0 Å². The van der Waals surface area contributed by atoms with Crippen molar-refractivity contribution in [2.45, 2.75) is 31.9 Å². The third-order valence-corrected chi connectivity index (χ3v) is 3.49. The van der Waals surface area contributed by atoms with Crippen molar-refractivity contribution < 1.29 is 9.13 Å². The van der Waals surface area contributed by atoms with E-state index in [0.717, 1.165) is 31.6 Å². The van der Waals surface area contributed by atoms with Crippen LogP contribution < -0.4 is 5.32 Å². The summed E-state index contributed by atoms with van der Waals surface area (Å²) in [6, 6.07) is 4.42. The molecule has 17 heavy (non-hydrogen) atoms. The number of hydrogen-bond donors (Lipinski definition) is 1. The van der Waals surface area contributed by atoms with Gasteiger partial charge >= 0.3 is 0 Å². The molecule has 1 aromatic carbocycles. The number of nitrogens with one attached hydrogen (secondary N) is 1. The minimum absolute atomic E-state index is 0.0835. The Morgan fingerprint density at radius 1 is 1.53 bits per heavy atom. The van der Waals surface area contributed by atoms with Gasteiger partial charge in [0.05, 0.1) is 5.60 Å². The zero-order chi connectivity index (χ0) is 12.3. The molecule has 1 saturated heterocycles. The van der Waals surface area contributed by atoms with Gasteiger partial charge in [0.25, 0.3) is 0 Å². The number of halogens is 2. The van der Waals surface area contributed by atoms with E-state index < -0.39 is 0 Å². The quantitative estimate of drug-likeness (QED) is 0.895. The van der Waals surface area contributed by atoms with Crippen LogP contribution >= 0.6 is 11.6 Å². The van der Waals surface area contributed by atoms with Gasteiger partial charge in [-0.2, -0.15) is 0 Å². The Hall–Kier alpha value is -0.640. The standard InChI is InChI=1S/C13H17ClFNO/c1-13(5-2-6-17-13)9-16-8-10-7-11(15)3-4-12(10)14/h3-4,7,16H,2,5-6,8-9H2,1H3. The van der Waals surface area contributed by atoms with Gasteiger partial charge in [-0.15, -0.1) is 0 Å². The largest absolute Gasteiger partial charge is 0.374 e. The van der Waals surface area contributed by atoms with Crippen LogP contribution in [0.15, 0.2) is 18.2 Å². The van der Waals surface area contributed by atoms with E-state index in [4.69, 9.17) is 16.3 Å². The van der Waals surface area contributed by atoms with Crippen LogP contribution in [0, 0.1) is 5.82 Å². The van der Waals surface area contributed by atoms with Crippen LogP contribution in [0.2, 0.25) is 5.02 Å². The first kappa shape index (κ1) is 12.8. The molecule has 4 heteroatoms. The highest BCUT2D eigenvalue weighted by atomic mass is 35.5. The van der Waals surface area contributed by atoms with Crippen LogP contribution in [0.1, 0.15) is 25.3 Å². The van der Waals surface area contributed by atoms with E-state index in [0.29, 0.717) is 11.6 Å². The summed E-state index contributed by atoms with van der Waals surface area (Å²) in [5, 5.41) is 3.87. The maximum absolute atomic E-state index is 13.0. The van der Waals surface area contributed by atoms with Crippen molar-refractivity contribution >= 4 is 11.6 Å². The number of rotatable bonds is 4. The second-order valence-electron chi connectivity index (χ2n) is 4.74. The van der Waals surface area contributed by atoms with E-state index in [1.54, 1.807) is 6.07 Å². The van der Waals surface area contributed by atoms with Crippen molar-refractivity contribution in [3.63, 3.8) is 0 Å². The molecule has 0 radical (unpaired) electrons. The van der Waals surface area contributed by atoms with Gasteiger partial charge in [-0.25, -0.2) is 4.39 Å². The van der Waals surface area contributed by atoms with Crippen molar-refractivity contribution in [2.75, 3.05) is 13.2 Å². The van der Waals surface area contributed by atoms with E-state index in [2.05, 4.69) is 12.2 Å². The Balaban J connectivity index is 1.87. The summed E-state index contributed by atoms with van der Waals surface area (Å²) < 4.78 is 18.7. The van der Waals surface area contributed by atoms with Crippen LogP contribution in [-0.4, -0.2) is 18.8 Å². The van der Waals surface area contributed by atoms with Gasteiger partial charge in [-0.3, -0.25) is 0 Å². The summed E-state index contributed by atoms with van der Waals surface area (Å²) in [5.41, 5.74) is 0.702. The predicted molar refractivity (Wildman–Crippen MR) is 66.7 cm³/mol. The van der Waals surface area contributed by atoms with E-state index in [1.165, 1.54) is 12.1 Å². The molecule has 0 spiro atoms. The molecule has 1 N–H and O–H groups in total. The van der Waals surface area contributed by atoms with Gasteiger partial charge < -0.3 is 10.1 Å². The molecule has 2 nitrogen and oxygen atoms in total. The van der Waals surface area contributed by atoms with Crippen LogP contribution in [0.25, 0.3) is 0 Å². The molecule has 1 aliphatic rings. The van der Waals surface area contributed by atoms with Gasteiger partial charge in [-0.05, 0) is 43.5 Å². The summed E-state index contributed by atoms with van der Waals surface area (Å²) in [4.78, 5) is 0. The molecule has 1 heterocycles. The average Bonchev–Trinajstić information content (AvgIpc) is 2.71. The SMILES string of the molecule is CC1(CNCc2cc(F)ccc2Cl)CCCO1. The van der Waals surface area contributed by atoms with Gasteiger partial charge in [-0.1, -0.05) is 11.6 Å². The fourth-order valence-electron chi connectivity index (χ4n) is 2.12. The summed E-state index contributed by atoms with van der Waals surface area (Å²) in [6.07, 6.45) is 2.18. The van der Waals surface area contributed by atoms with Crippen LogP contribution in [-0.2, 0) is 11.3 Å². The van der Waals surface area contributed by atoms with Crippen molar-refractivity contribution in [3.05, 3.63) is 34.6 Å². The first-order valence-corrected chi connectivity index (χ1v) is 6.25. The molecule has 0 aliphatic carbocycles. The smallest absolute Gasteiger partial charge is 0.123 e. The molecule has 1 atom stereocenters. The fraction of sp³-hybridized carbons (Fsp3) is 0.538. The van der Waals surface area contributed by atoms with Crippen molar-refractivity contribution in [1.29, 1.82) is 0 Å². The zero-order valence-electron chi connectivity index (χ0n) is 9.93. The zero-order valence-corrected chi connectivity index (χ0v) is 10.7.